The third-order valence-electron chi connectivity index (χ3n) is 4.06. The molecule has 1 aliphatic carbocycles. The molecule has 1 saturated carbocycles. The van der Waals surface area contributed by atoms with Crippen molar-refractivity contribution >= 4 is 0 Å². The first kappa shape index (κ1) is 13.4. The highest BCUT2D eigenvalue weighted by atomic mass is 16.5. The van der Waals surface area contributed by atoms with Crippen molar-refractivity contribution in [2.45, 2.75) is 25.8 Å². The van der Waals surface area contributed by atoms with Crippen LogP contribution < -0.4 is 10.5 Å². The Labute approximate surface area is 110 Å². The molecule has 2 N–H and O–H groups in total. The molecule has 0 amide bonds. The quantitative estimate of drug-likeness (QED) is 0.839. The van der Waals surface area contributed by atoms with E-state index >= 15 is 0 Å². The predicted octanol–water partition coefficient (Wildman–Crippen LogP) is 2.26. The fourth-order valence-corrected chi connectivity index (χ4v) is 2.77. The summed E-state index contributed by atoms with van der Waals surface area (Å²) < 4.78 is 5.17. The van der Waals surface area contributed by atoms with Crippen molar-refractivity contribution in [2.75, 3.05) is 27.2 Å². The van der Waals surface area contributed by atoms with Crippen molar-refractivity contribution < 1.29 is 4.74 Å². The molecule has 2 rings (SSSR count). The topological polar surface area (TPSA) is 38.5 Å². The van der Waals surface area contributed by atoms with Crippen LogP contribution in [0.4, 0.5) is 0 Å². The SMILES string of the molecule is COc1ccc(CN(C)CC2(CN)CCC2)cc1. The summed E-state index contributed by atoms with van der Waals surface area (Å²) in [7, 11) is 3.88. The Morgan fingerprint density at radius 2 is 1.94 bits per heavy atom. The molecule has 0 aliphatic heterocycles. The van der Waals surface area contributed by atoms with Gasteiger partial charge >= 0.3 is 0 Å². The standard InChI is InChI=1S/C15H24N2O/c1-17(12-15(11-16)8-3-9-15)10-13-4-6-14(18-2)7-5-13/h4-7H,3,8-12,16H2,1-2H3. The summed E-state index contributed by atoms with van der Waals surface area (Å²) in [4.78, 5) is 2.38. The number of nitrogens with two attached hydrogens (primary N) is 1. The number of hydrogen-bond donors (Lipinski definition) is 1. The number of nitrogens with zero attached hydrogens (tertiary/aromatic N) is 1. The third kappa shape index (κ3) is 3.03. The van der Waals surface area contributed by atoms with E-state index in [0.717, 1.165) is 25.4 Å². The summed E-state index contributed by atoms with van der Waals surface area (Å²) in [6.07, 6.45) is 3.92. The minimum Gasteiger partial charge on any atom is -0.497 e. The van der Waals surface area contributed by atoms with Crippen LogP contribution in [0.5, 0.6) is 5.75 Å². The van der Waals surface area contributed by atoms with Crippen molar-refractivity contribution in [3.63, 3.8) is 0 Å². The molecule has 1 aromatic rings. The molecule has 0 spiro atoms. The lowest BCUT2D eigenvalue weighted by atomic mass is 9.68. The van der Waals surface area contributed by atoms with Crippen molar-refractivity contribution in [3.05, 3.63) is 29.8 Å². The van der Waals surface area contributed by atoms with Gasteiger partial charge in [0, 0.05) is 13.1 Å². The average molecular weight is 248 g/mol. The summed E-state index contributed by atoms with van der Waals surface area (Å²) in [5.74, 6) is 0.916. The highest BCUT2D eigenvalue weighted by molar-refractivity contribution is 5.27. The molecule has 0 unspecified atom stereocenters. The minimum absolute atomic E-state index is 0.390. The Hall–Kier alpha value is -1.06. The molecule has 0 heterocycles. The fourth-order valence-electron chi connectivity index (χ4n) is 2.77. The van der Waals surface area contributed by atoms with Gasteiger partial charge < -0.3 is 15.4 Å². The molecule has 1 aliphatic rings. The molecule has 0 bridgehead atoms. The molecule has 0 saturated heterocycles. The summed E-state index contributed by atoms with van der Waals surface area (Å²) in [6.45, 7) is 2.90. The van der Waals surface area contributed by atoms with Gasteiger partial charge in [-0.2, -0.15) is 0 Å². The van der Waals surface area contributed by atoms with E-state index in [9.17, 15) is 0 Å². The Morgan fingerprint density at radius 3 is 2.39 bits per heavy atom. The molecule has 3 nitrogen and oxygen atoms in total. The normalized spacial score (nSPS) is 17.6. The van der Waals surface area contributed by atoms with E-state index in [1.165, 1.54) is 24.8 Å². The van der Waals surface area contributed by atoms with Crippen LogP contribution in [0.2, 0.25) is 0 Å². The van der Waals surface area contributed by atoms with Crippen molar-refractivity contribution in [2.24, 2.45) is 11.1 Å². The van der Waals surface area contributed by atoms with Crippen LogP contribution in [-0.4, -0.2) is 32.1 Å². The summed E-state index contributed by atoms with van der Waals surface area (Å²) in [5.41, 5.74) is 7.62. The van der Waals surface area contributed by atoms with Crippen LogP contribution in [0.25, 0.3) is 0 Å². The molecular formula is C15H24N2O. The molecule has 0 aromatic heterocycles. The lowest BCUT2D eigenvalue weighted by Gasteiger charge is -2.43. The van der Waals surface area contributed by atoms with Gasteiger partial charge in [0.25, 0.3) is 0 Å². The first-order valence-electron chi connectivity index (χ1n) is 6.69. The van der Waals surface area contributed by atoms with Gasteiger partial charge in [-0.15, -0.1) is 0 Å². The number of methoxy groups -OCH3 is 1. The summed E-state index contributed by atoms with van der Waals surface area (Å²) >= 11 is 0. The fraction of sp³-hybridized carbons (Fsp3) is 0.600. The van der Waals surface area contributed by atoms with E-state index in [-0.39, 0.29) is 0 Å². The molecule has 100 valence electrons. The molecule has 1 fully saturated rings. The zero-order valence-corrected chi connectivity index (χ0v) is 11.5. The Balaban J connectivity index is 1.88. The molecular weight excluding hydrogens is 224 g/mol. The predicted molar refractivity (Wildman–Crippen MR) is 74.7 cm³/mol. The molecule has 1 aromatic carbocycles. The van der Waals surface area contributed by atoms with E-state index < -0.39 is 0 Å². The van der Waals surface area contributed by atoms with Crippen molar-refractivity contribution in [3.8, 4) is 5.75 Å². The summed E-state index contributed by atoms with van der Waals surface area (Å²) in [5, 5.41) is 0. The molecule has 0 atom stereocenters. The van der Waals surface area contributed by atoms with Crippen LogP contribution in [0, 0.1) is 5.41 Å². The maximum Gasteiger partial charge on any atom is 0.118 e. The van der Waals surface area contributed by atoms with Crippen LogP contribution in [-0.2, 0) is 6.54 Å². The van der Waals surface area contributed by atoms with Crippen molar-refractivity contribution in [1.29, 1.82) is 0 Å². The van der Waals surface area contributed by atoms with Crippen LogP contribution in [0.3, 0.4) is 0 Å². The van der Waals surface area contributed by atoms with E-state index in [4.69, 9.17) is 10.5 Å². The number of ether oxygens (including phenoxy) is 1. The van der Waals surface area contributed by atoms with E-state index in [0.29, 0.717) is 5.41 Å². The lowest BCUT2D eigenvalue weighted by molar-refractivity contribution is 0.0845. The Morgan fingerprint density at radius 1 is 1.28 bits per heavy atom. The highest BCUT2D eigenvalue weighted by Crippen LogP contribution is 2.40. The first-order chi connectivity index (χ1) is 8.67. The Bertz CT molecular complexity index is 365. The highest BCUT2D eigenvalue weighted by Gasteiger charge is 2.36. The second-order valence-corrected chi connectivity index (χ2v) is 5.58. The van der Waals surface area contributed by atoms with Gasteiger partial charge in [-0.25, -0.2) is 0 Å². The zero-order valence-electron chi connectivity index (χ0n) is 11.5. The largest absolute Gasteiger partial charge is 0.497 e. The Kier molecular flexibility index (Phi) is 4.25. The van der Waals surface area contributed by atoms with Gasteiger partial charge in [0.05, 0.1) is 7.11 Å². The maximum absolute atomic E-state index is 5.91. The number of hydrogen-bond acceptors (Lipinski definition) is 3. The van der Waals surface area contributed by atoms with Crippen LogP contribution >= 0.6 is 0 Å². The molecule has 18 heavy (non-hydrogen) atoms. The van der Waals surface area contributed by atoms with Gasteiger partial charge in [0.15, 0.2) is 0 Å². The third-order valence-corrected chi connectivity index (χ3v) is 4.06. The van der Waals surface area contributed by atoms with Crippen LogP contribution in [0.1, 0.15) is 24.8 Å². The smallest absolute Gasteiger partial charge is 0.118 e. The van der Waals surface area contributed by atoms with Crippen molar-refractivity contribution in [1.82, 2.24) is 4.90 Å². The van der Waals surface area contributed by atoms with Gasteiger partial charge in [0.1, 0.15) is 5.75 Å². The second kappa shape index (κ2) is 5.72. The van der Waals surface area contributed by atoms with Gasteiger partial charge in [-0.1, -0.05) is 18.6 Å². The lowest BCUT2D eigenvalue weighted by Crippen LogP contribution is -2.45. The van der Waals surface area contributed by atoms with E-state index in [1.807, 2.05) is 12.1 Å². The summed E-state index contributed by atoms with van der Waals surface area (Å²) in [6, 6.07) is 8.30. The van der Waals surface area contributed by atoms with E-state index in [1.54, 1.807) is 7.11 Å². The number of rotatable bonds is 6. The maximum atomic E-state index is 5.91. The van der Waals surface area contributed by atoms with Crippen LogP contribution in [0.15, 0.2) is 24.3 Å². The zero-order chi connectivity index (χ0) is 13.0. The van der Waals surface area contributed by atoms with Gasteiger partial charge in [-0.05, 0) is 49.5 Å². The molecule has 3 heteroatoms. The number of benzene rings is 1. The monoisotopic (exact) mass is 248 g/mol. The minimum atomic E-state index is 0.390. The second-order valence-electron chi connectivity index (χ2n) is 5.58. The van der Waals surface area contributed by atoms with E-state index in [2.05, 4.69) is 24.1 Å². The molecule has 0 radical (unpaired) electrons. The van der Waals surface area contributed by atoms with Gasteiger partial charge in [0.2, 0.25) is 0 Å². The average Bonchev–Trinajstić information content (AvgIpc) is 2.35. The first-order valence-corrected chi connectivity index (χ1v) is 6.69. The van der Waals surface area contributed by atoms with Gasteiger partial charge in [-0.3, -0.25) is 0 Å².